The lowest BCUT2D eigenvalue weighted by molar-refractivity contribution is -0.134. The summed E-state index contributed by atoms with van der Waals surface area (Å²) >= 11 is 0. The van der Waals surface area contributed by atoms with E-state index in [1.165, 1.54) is 88.1 Å². The zero-order valence-corrected chi connectivity index (χ0v) is 27.3. The topological polar surface area (TPSA) is 193 Å². The number of benzene rings is 1. The Labute approximate surface area is 261 Å². The fourth-order valence-electron chi connectivity index (χ4n) is 4.43. The second-order valence-corrected chi connectivity index (χ2v) is 13.8. The van der Waals surface area contributed by atoms with E-state index in [0.717, 1.165) is 23.8 Å². The van der Waals surface area contributed by atoms with Gasteiger partial charge in [-0.3, -0.25) is 28.2 Å². The molecule has 3 N–H and O–H groups in total. The summed E-state index contributed by atoms with van der Waals surface area (Å²) in [6.07, 6.45) is 13.0. The van der Waals surface area contributed by atoms with Crippen LogP contribution in [0.15, 0.2) is 52.2 Å². The van der Waals surface area contributed by atoms with E-state index in [2.05, 4.69) is 16.2 Å². The minimum atomic E-state index is -5.07. The highest BCUT2D eigenvalue weighted by Gasteiger charge is 2.36. The van der Waals surface area contributed by atoms with E-state index in [4.69, 9.17) is 18.5 Å². The van der Waals surface area contributed by atoms with Crippen LogP contribution < -0.4 is 16.0 Å². The first-order valence-electron chi connectivity index (χ1n) is 15.0. The molecule has 0 bridgehead atoms. The number of aromatic nitrogens is 2. The first-order chi connectivity index (χ1) is 21.4. The Morgan fingerprint density at radius 2 is 1.56 bits per heavy atom. The predicted octanol–water partition coefficient (Wildman–Crippen LogP) is 5.58. The number of rotatable bonds is 20. The van der Waals surface area contributed by atoms with Gasteiger partial charge in [0.25, 0.3) is 5.56 Å². The number of phosphoric ester groups is 2. The number of hydrogen-bond acceptors (Lipinski definition) is 10. The minimum Gasteiger partial charge on any atom is -0.427 e. The van der Waals surface area contributed by atoms with Crippen molar-refractivity contribution in [1.29, 1.82) is 0 Å². The average molecular weight is 673 g/mol. The third-order valence-electron chi connectivity index (χ3n) is 6.87. The number of esters is 1. The van der Waals surface area contributed by atoms with Gasteiger partial charge in [0, 0.05) is 18.2 Å². The quantitative estimate of drug-likeness (QED) is 0.0521. The number of carbonyl (C=O) groups is 1. The third kappa shape index (κ3) is 13.3. The molecule has 2 heterocycles. The normalized spacial score (nSPS) is 18.8. The molecule has 0 radical (unpaired) electrons. The van der Waals surface area contributed by atoms with Gasteiger partial charge in [-0.1, -0.05) is 76.5 Å². The van der Waals surface area contributed by atoms with Crippen LogP contribution in [0, 0.1) is 6.92 Å². The van der Waals surface area contributed by atoms with Crippen LogP contribution in [0.3, 0.4) is 0 Å². The van der Waals surface area contributed by atoms with Crippen molar-refractivity contribution >= 4 is 21.6 Å². The second-order valence-electron chi connectivity index (χ2n) is 10.7. The van der Waals surface area contributed by atoms with Crippen LogP contribution >= 0.6 is 15.6 Å². The first-order valence-corrected chi connectivity index (χ1v) is 18.0. The van der Waals surface area contributed by atoms with E-state index in [9.17, 15) is 33.3 Å². The molecule has 250 valence electrons. The van der Waals surface area contributed by atoms with Gasteiger partial charge >= 0.3 is 27.3 Å². The molecule has 1 aromatic carbocycles. The van der Waals surface area contributed by atoms with E-state index in [1.54, 1.807) is 0 Å². The molecule has 1 aliphatic rings. The number of carbonyl (C=O) groups excluding carboxylic acids is 1. The number of unbranched alkanes of at least 4 members (excludes halogenated alkanes) is 8. The van der Waals surface area contributed by atoms with Crippen molar-refractivity contribution < 1.29 is 46.5 Å². The monoisotopic (exact) mass is 672 g/mol. The zero-order valence-electron chi connectivity index (χ0n) is 25.5. The largest absolute Gasteiger partial charge is 0.481 e. The molecule has 3 rings (SSSR count). The van der Waals surface area contributed by atoms with Crippen LogP contribution in [0.5, 0.6) is 5.75 Å². The number of hydrogen-bond donors (Lipinski definition) is 3. The molecule has 0 fully saturated rings. The van der Waals surface area contributed by atoms with Gasteiger partial charge in [0.2, 0.25) is 0 Å². The van der Waals surface area contributed by atoms with Crippen LogP contribution in [0.25, 0.3) is 0 Å². The number of ether oxygens (including phenoxy) is 2. The molecule has 2 aromatic rings. The van der Waals surface area contributed by atoms with E-state index >= 15 is 0 Å². The Morgan fingerprint density at radius 1 is 0.933 bits per heavy atom. The maximum absolute atomic E-state index is 12.3. The van der Waals surface area contributed by atoms with Gasteiger partial charge in [0.05, 0.1) is 13.2 Å². The highest BCUT2D eigenvalue weighted by atomic mass is 31.3. The third-order valence-corrected chi connectivity index (χ3v) is 9.45. The van der Waals surface area contributed by atoms with Gasteiger partial charge < -0.3 is 19.3 Å². The molecule has 14 nitrogen and oxygen atoms in total. The molecule has 45 heavy (non-hydrogen) atoms. The average Bonchev–Trinajstić information content (AvgIpc) is 3.45. The minimum absolute atomic E-state index is 0.275. The van der Waals surface area contributed by atoms with Crippen molar-refractivity contribution in [2.24, 2.45) is 0 Å². The van der Waals surface area contributed by atoms with Gasteiger partial charge in [-0.15, -0.1) is 0 Å². The van der Waals surface area contributed by atoms with Crippen molar-refractivity contribution in [3.8, 4) is 5.75 Å². The Kier molecular flexibility index (Phi) is 14.6. The smallest absolute Gasteiger partial charge is 0.427 e. The number of aromatic amines is 1. The molecule has 0 saturated heterocycles. The molecule has 1 aromatic heterocycles. The summed E-state index contributed by atoms with van der Waals surface area (Å²) in [5.41, 5.74) is -0.568. The Balaban J connectivity index is 1.35. The summed E-state index contributed by atoms with van der Waals surface area (Å²) in [5, 5.41) is 0. The Bertz CT molecular complexity index is 1490. The number of phosphoric acid groups is 2. The van der Waals surface area contributed by atoms with Crippen LogP contribution in [-0.4, -0.2) is 38.0 Å². The molecule has 4 atom stereocenters. The maximum Gasteiger partial charge on any atom is 0.481 e. The predicted molar refractivity (Wildman–Crippen MR) is 165 cm³/mol. The van der Waals surface area contributed by atoms with Crippen molar-refractivity contribution in [2.45, 2.75) is 97.0 Å². The SMILES string of the molecule is CCCCCCCCCCCC(=O)Oc1ccc(COP(=O)(O)OP(=O)(O)OC[C@@H]2C=C[C@H](n3cc(C)c(=O)[nH]c3=O)O2)cc1. The lowest BCUT2D eigenvalue weighted by atomic mass is 10.1. The molecule has 16 heteroatoms. The van der Waals surface area contributed by atoms with Crippen molar-refractivity contribution in [3.05, 3.63) is 74.6 Å². The van der Waals surface area contributed by atoms with Gasteiger partial charge in [-0.2, -0.15) is 4.31 Å². The van der Waals surface area contributed by atoms with E-state index in [0.29, 0.717) is 17.7 Å². The first kappa shape index (κ1) is 36.8. The molecule has 0 spiro atoms. The summed E-state index contributed by atoms with van der Waals surface area (Å²) in [6.45, 7) is 2.69. The molecule has 0 saturated carbocycles. The lowest BCUT2D eigenvalue weighted by Gasteiger charge is -2.19. The molecule has 2 unspecified atom stereocenters. The summed E-state index contributed by atoms with van der Waals surface area (Å²) in [6, 6.07) is 6.01. The van der Waals surface area contributed by atoms with Crippen molar-refractivity contribution in [1.82, 2.24) is 9.55 Å². The Morgan fingerprint density at radius 3 is 2.22 bits per heavy atom. The maximum atomic E-state index is 12.3. The molecular weight excluding hydrogens is 630 g/mol. The number of nitrogens with zero attached hydrogens (tertiary/aromatic N) is 1. The Hall–Kier alpha value is -2.67. The van der Waals surface area contributed by atoms with Crippen molar-refractivity contribution in [2.75, 3.05) is 6.61 Å². The van der Waals surface area contributed by atoms with Gasteiger partial charge in [0.15, 0.2) is 6.23 Å². The summed E-state index contributed by atoms with van der Waals surface area (Å²) in [4.78, 5) is 57.7. The fourth-order valence-corrected chi connectivity index (χ4v) is 6.50. The van der Waals surface area contributed by atoms with Crippen LogP contribution in [-0.2, 0) is 38.6 Å². The number of nitrogens with one attached hydrogen (secondary N) is 1. The van der Waals surface area contributed by atoms with Crippen LogP contribution in [0.2, 0.25) is 0 Å². The van der Waals surface area contributed by atoms with E-state index < -0.39 is 52.4 Å². The molecule has 0 amide bonds. The zero-order chi connectivity index (χ0) is 32.9. The van der Waals surface area contributed by atoms with Crippen LogP contribution in [0.4, 0.5) is 0 Å². The van der Waals surface area contributed by atoms with Crippen molar-refractivity contribution in [3.63, 3.8) is 0 Å². The molecule has 1 aliphatic heterocycles. The highest BCUT2D eigenvalue weighted by Crippen LogP contribution is 2.60. The lowest BCUT2D eigenvalue weighted by Crippen LogP contribution is -2.33. The van der Waals surface area contributed by atoms with E-state index in [-0.39, 0.29) is 11.5 Å². The van der Waals surface area contributed by atoms with E-state index in [1.807, 2.05) is 0 Å². The molecule has 0 aliphatic carbocycles. The fraction of sp³-hybridized carbons (Fsp3) is 0.552. The van der Waals surface area contributed by atoms with Gasteiger partial charge in [0.1, 0.15) is 11.9 Å². The molecular formula is C29H42N2O12P2. The second kappa shape index (κ2) is 17.9. The van der Waals surface area contributed by atoms with Crippen LogP contribution in [0.1, 0.15) is 88.5 Å². The number of aryl methyl sites for hydroxylation is 1. The number of H-pyrrole nitrogens is 1. The van der Waals surface area contributed by atoms with Gasteiger partial charge in [-0.25, -0.2) is 13.9 Å². The highest BCUT2D eigenvalue weighted by molar-refractivity contribution is 7.61. The summed E-state index contributed by atoms with van der Waals surface area (Å²) in [5.74, 6) is -0.0364. The standard InChI is InChI=1S/C29H42N2O12P2/c1-3-4-5-6-7-8-9-10-11-12-27(32)42-24-15-13-23(14-16-24)20-39-44(35,36)43-45(37,38)40-21-25-17-18-26(41-25)31-19-22(2)28(33)30-29(31)34/h13-19,25-26H,3-12,20-21H2,1-2H3,(H,35,36)(H,37,38)(H,30,33,34)/t25-,26+/m0/s1. The summed E-state index contributed by atoms with van der Waals surface area (Å²) in [7, 11) is -10.1. The summed E-state index contributed by atoms with van der Waals surface area (Å²) < 4.78 is 50.5. The van der Waals surface area contributed by atoms with Gasteiger partial charge in [-0.05, 0) is 37.1 Å².